The fourth-order valence-corrected chi connectivity index (χ4v) is 3.13. The summed E-state index contributed by atoms with van der Waals surface area (Å²) < 4.78 is 0. The summed E-state index contributed by atoms with van der Waals surface area (Å²) in [5.41, 5.74) is 0.923. The van der Waals surface area contributed by atoms with Gasteiger partial charge in [-0.05, 0) is 30.4 Å². The third-order valence-electron chi connectivity index (χ3n) is 4.68. The van der Waals surface area contributed by atoms with E-state index < -0.39 is 0 Å². The summed E-state index contributed by atoms with van der Waals surface area (Å²) in [6.07, 6.45) is 1.82. The molecule has 0 bridgehead atoms. The Hall–Kier alpha value is -1.35. The van der Waals surface area contributed by atoms with Crippen molar-refractivity contribution in [3.8, 4) is 0 Å². The highest BCUT2D eigenvalue weighted by Crippen LogP contribution is 2.36. The van der Waals surface area contributed by atoms with Crippen molar-refractivity contribution in [2.24, 2.45) is 10.8 Å². The predicted octanol–water partition coefficient (Wildman–Crippen LogP) is 3.28. The van der Waals surface area contributed by atoms with Crippen LogP contribution in [0, 0.1) is 10.8 Å². The van der Waals surface area contributed by atoms with E-state index in [1.807, 2.05) is 18.2 Å². The zero-order valence-electron chi connectivity index (χ0n) is 13.7. The largest absolute Gasteiger partial charge is 0.348 e. The third-order valence-corrected chi connectivity index (χ3v) is 4.68. The molecular formula is C18H28N2O. The van der Waals surface area contributed by atoms with Crippen LogP contribution < -0.4 is 10.6 Å². The van der Waals surface area contributed by atoms with Crippen LogP contribution >= 0.6 is 0 Å². The molecule has 1 aromatic rings. The molecule has 3 heteroatoms. The minimum absolute atomic E-state index is 0.0159. The minimum Gasteiger partial charge on any atom is -0.348 e. The molecule has 0 aromatic heterocycles. The second-order valence-corrected chi connectivity index (χ2v) is 7.24. The summed E-state index contributed by atoms with van der Waals surface area (Å²) in [7, 11) is 0. The molecule has 116 valence electrons. The van der Waals surface area contributed by atoms with Crippen molar-refractivity contribution in [3.05, 3.63) is 35.9 Å². The summed E-state index contributed by atoms with van der Waals surface area (Å²) >= 11 is 0. The van der Waals surface area contributed by atoms with E-state index in [1.165, 1.54) is 5.56 Å². The molecule has 1 fully saturated rings. The number of hydrogen-bond acceptors (Lipinski definition) is 2. The van der Waals surface area contributed by atoms with Crippen LogP contribution in [0.2, 0.25) is 0 Å². The van der Waals surface area contributed by atoms with Crippen LogP contribution in [0.3, 0.4) is 0 Å². The second kappa shape index (κ2) is 6.18. The van der Waals surface area contributed by atoms with Crippen LogP contribution in [0.5, 0.6) is 0 Å². The van der Waals surface area contributed by atoms with Crippen molar-refractivity contribution in [2.45, 2.75) is 46.6 Å². The lowest BCUT2D eigenvalue weighted by atomic mass is 9.79. The van der Waals surface area contributed by atoms with Crippen molar-refractivity contribution in [3.63, 3.8) is 0 Å². The van der Waals surface area contributed by atoms with Gasteiger partial charge in [-0.15, -0.1) is 0 Å². The summed E-state index contributed by atoms with van der Waals surface area (Å²) in [6, 6.07) is 10.3. The normalized spacial score (nSPS) is 23.8. The van der Waals surface area contributed by atoms with E-state index >= 15 is 0 Å². The van der Waals surface area contributed by atoms with E-state index in [2.05, 4.69) is 50.5 Å². The number of rotatable bonds is 4. The topological polar surface area (TPSA) is 41.1 Å². The Morgan fingerprint density at radius 1 is 1.33 bits per heavy atom. The average Bonchev–Trinajstić information content (AvgIpc) is 2.94. The molecule has 3 nitrogen and oxygen atoms in total. The molecule has 2 atom stereocenters. The van der Waals surface area contributed by atoms with E-state index in [1.54, 1.807) is 0 Å². The van der Waals surface area contributed by atoms with Gasteiger partial charge in [0.25, 0.3) is 0 Å². The molecule has 1 saturated heterocycles. The molecule has 1 aliphatic heterocycles. The van der Waals surface area contributed by atoms with Crippen LogP contribution in [0.25, 0.3) is 0 Å². The number of hydrogen-bond donors (Lipinski definition) is 2. The van der Waals surface area contributed by atoms with Gasteiger partial charge in [0.15, 0.2) is 0 Å². The summed E-state index contributed by atoms with van der Waals surface area (Å²) in [4.78, 5) is 12.9. The first-order chi connectivity index (χ1) is 9.89. The number of carbonyl (C=O) groups excluding carboxylic acids is 1. The van der Waals surface area contributed by atoms with Crippen LogP contribution in [0.4, 0.5) is 0 Å². The Balaban J connectivity index is 2.22. The van der Waals surface area contributed by atoms with Gasteiger partial charge in [-0.25, -0.2) is 0 Å². The van der Waals surface area contributed by atoms with E-state index in [0.29, 0.717) is 0 Å². The molecule has 1 aliphatic rings. The van der Waals surface area contributed by atoms with Gasteiger partial charge >= 0.3 is 0 Å². The first-order valence-corrected chi connectivity index (χ1v) is 7.96. The van der Waals surface area contributed by atoms with Crippen molar-refractivity contribution < 1.29 is 4.79 Å². The van der Waals surface area contributed by atoms with Gasteiger partial charge in [-0.3, -0.25) is 4.79 Å². The number of amides is 1. The van der Waals surface area contributed by atoms with Gasteiger partial charge in [0, 0.05) is 6.54 Å². The molecule has 0 spiro atoms. The van der Waals surface area contributed by atoms with Gasteiger partial charge < -0.3 is 10.6 Å². The predicted molar refractivity (Wildman–Crippen MR) is 87.0 cm³/mol. The maximum atomic E-state index is 12.9. The first-order valence-electron chi connectivity index (χ1n) is 7.96. The highest BCUT2D eigenvalue weighted by Gasteiger charge is 2.41. The van der Waals surface area contributed by atoms with E-state index in [4.69, 9.17) is 0 Å². The summed E-state index contributed by atoms with van der Waals surface area (Å²) in [5.74, 6) is 0.193. The fraction of sp³-hybridized carbons (Fsp3) is 0.611. The Kier molecular flexibility index (Phi) is 4.72. The number of benzene rings is 1. The van der Waals surface area contributed by atoms with Gasteiger partial charge in [-0.2, -0.15) is 0 Å². The number of nitrogens with one attached hydrogen (secondary N) is 2. The molecule has 21 heavy (non-hydrogen) atoms. The molecule has 2 rings (SSSR count). The second-order valence-electron chi connectivity index (χ2n) is 7.24. The SMILES string of the molecule is CCC1(C(=O)NC(c2ccccc2)C(C)(C)C)CCNC1. The van der Waals surface area contributed by atoms with Gasteiger partial charge in [-0.1, -0.05) is 58.0 Å². The van der Waals surface area contributed by atoms with Gasteiger partial charge in [0.1, 0.15) is 0 Å². The highest BCUT2D eigenvalue weighted by atomic mass is 16.2. The van der Waals surface area contributed by atoms with Crippen LogP contribution in [0.15, 0.2) is 30.3 Å². The van der Waals surface area contributed by atoms with E-state index in [9.17, 15) is 4.79 Å². The highest BCUT2D eigenvalue weighted by molar-refractivity contribution is 5.83. The maximum absolute atomic E-state index is 12.9. The van der Waals surface area contributed by atoms with Crippen molar-refractivity contribution >= 4 is 5.91 Å². The molecule has 2 N–H and O–H groups in total. The molecule has 1 amide bonds. The third kappa shape index (κ3) is 3.46. The van der Waals surface area contributed by atoms with Crippen LogP contribution in [-0.2, 0) is 4.79 Å². The Morgan fingerprint density at radius 3 is 2.48 bits per heavy atom. The van der Waals surface area contributed by atoms with E-state index in [0.717, 1.165) is 25.9 Å². The zero-order valence-corrected chi connectivity index (χ0v) is 13.7. The zero-order chi connectivity index (χ0) is 15.5. The lowest BCUT2D eigenvalue weighted by molar-refractivity contribution is -0.132. The standard InChI is InChI=1S/C18H28N2O/c1-5-18(11-12-19-13-18)16(21)20-15(17(2,3)4)14-9-7-6-8-10-14/h6-10,15,19H,5,11-13H2,1-4H3,(H,20,21). The molecule has 0 radical (unpaired) electrons. The van der Waals surface area contributed by atoms with Crippen LogP contribution in [-0.4, -0.2) is 19.0 Å². The molecule has 2 unspecified atom stereocenters. The molecule has 1 aromatic carbocycles. The fourth-order valence-electron chi connectivity index (χ4n) is 3.13. The first kappa shape index (κ1) is 16.0. The lowest BCUT2D eigenvalue weighted by Crippen LogP contribution is -2.46. The van der Waals surface area contributed by atoms with Crippen LogP contribution in [0.1, 0.15) is 52.1 Å². The molecule has 0 aliphatic carbocycles. The average molecular weight is 288 g/mol. The van der Waals surface area contributed by atoms with E-state index in [-0.39, 0.29) is 22.8 Å². The maximum Gasteiger partial charge on any atom is 0.228 e. The Bertz CT molecular complexity index is 470. The molecule has 1 heterocycles. The Morgan fingerprint density at radius 2 is 2.00 bits per heavy atom. The number of carbonyl (C=O) groups is 1. The smallest absolute Gasteiger partial charge is 0.228 e. The summed E-state index contributed by atoms with van der Waals surface area (Å²) in [6.45, 7) is 10.4. The van der Waals surface area contributed by atoms with Gasteiger partial charge in [0.2, 0.25) is 5.91 Å². The lowest BCUT2D eigenvalue weighted by Gasteiger charge is -2.35. The summed E-state index contributed by atoms with van der Waals surface area (Å²) in [5, 5.41) is 6.66. The quantitative estimate of drug-likeness (QED) is 0.892. The van der Waals surface area contributed by atoms with Gasteiger partial charge in [0.05, 0.1) is 11.5 Å². The van der Waals surface area contributed by atoms with Crippen molar-refractivity contribution in [2.75, 3.05) is 13.1 Å². The Labute approximate surface area is 128 Å². The van der Waals surface area contributed by atoms with Crippen molar-refractivity contribution in [1.29, 1.82) is 0 Å². The molecular weight excluding hydrogens is 260 g/mol. The monoisotopic (exact) mass is 288 g/mol. The van der Waals surface area contributed by atoms with Crippen molar-refractivity contribution in [1.82, 2.24) is 10.6 Å². The minimum atomic E-state index is -0.238. The molecule has 0 saturated carbocycles.